The van der Waals surface area contributed by atoms with Crippen LogP contribution in [-0.2, 0) is 9.47 Å². The largest absolute Gasteiger partial charge is 0.423 e. The van der Waals surface area contributed by atoms with Crippen LogP contribution in [0.3, 0.4) is 0 Å². The molecule has 0 bridgehead atoms. The molecular formula is C22H23NO4. The lowest BCUT2D eigenvalue weighted by Gasteiger charge is -2.29. The Labute approximate surface area is 159 Å². The average Bonchev–Trinajstić information content (AvgIpc) is 2.73. The summed E-state index contributed by atoms with van der Waals surface area (Å²) in [6, 6.07) is 15.5. The smallest absolute Gasteiger partial charge is 0.343 e. The number of carbonyl (C=O) groups is 1. The van der Waals surface area contributed by atoms with Crippen molar-refractivity contribution in [2.24, 2.45) is 5.92 Å². The topological polar surface area (TPSA) is 68.5 Å². The molecule has 0 aliphatic carbocycles. The fraction of sp³-hybridized carbons (Fsp3) is 0.364. The summed E-state index contributed by atoms with van der Waals surface area (Å²) in [4.78, 5) is 12.2. The van der Waals surface area contributed by atoms with Crippen molar-refractivity contribution in [2.45, 2.75) is 32.5 Å². The number of nitriles is 1. The van der Waals surface area contributed by atoms with Crippen LogP contribution >= 0.6 is 0 Å². The predicted molar refractivity (Wildman–Crippen MR) is 100 cm³/mol. The molecule has 140 valence electrons. The lowest BCUT2D eigenvalue weighted by Crippen LogP contribution is -2.27. The maximum Gasteiger partial charge on any atom is 0.343 e. The van der Waals surface area contributed by atoms with Gasteiger partial charge < -0.3 is 14.2 Å². The number of esters is 1. The van der Waals surface area contributed by atoms with Gasteiger partial charge in [0, 0.05) is 11.5 Å². The van der Waals surface area contributed by atoms with Crippen molar-refractivity contribution < 1.29 is 19.0 Å². The number of hydrogen-bond donors (Lipinski definition) is 0. The van der Waals surface area contributed by atoms with Gasteiger partial charge in [0.15, 0.2) is 6.29 Å². The van der Waals surface area contributed by atoms with Crippen molar-refractivity contribution in [3.8, 4) is 11.8 Å². The summed E-state index contributed by atoms with van der Waals surface area (Å²) in [5, 5.41) is 8.80. The van der Waals surface area contributed by atoms with Crippen molar-refractivity contribution >= 4 is 5.97 Å². The summed E-state index contributed by atoms with van der Waals surface area (Å²) >= 11 is 0. The van der Waals surface area contributed by atoms with E-state index in [9.17, 15) is 4.79 Å². The minimum absolute atomic E-state index is 0.383. The number of hydrogen-bond acceptors (Lipinski definition) is 5. The Bertz CT molecular complexity index is 785. The van der Waals surface area contributed by atoms with E-state index in [1.165, 1.54) is 12.8 Å². The summed E-state index contributed by atoms with van der Waals surface area (Å²) in [6.07, 6.45) is 3.12. The van der Waals surface area contributed by atoms with Crippen LogP contribution in [0.25, 0.3) is 0 Å². The van der Waals surface area contributed by atoms with Crippen LogP contribution in [0.5, 0.6) is 5.75 Å². The van der Waals surface area contributed by atoms with Crippen LogP contribution in [0, 0.1) is 17.2 Å². The van der Waals surface area contributed by atoms with Gasteiger partial charge in [0.05, 0.1) is 30.4 Å². The molecule has 0 aromatic heterocycles. The molecule has 0 amide bonds. The SMILES string of the molecule is CCCCC1COC(c2ccc(C(=O)Oc3ccc(C#N)cc3)cc2)OC1. The molecule has 1 heterocycles. The Balaban J connectivity index is 1.55. The van der Waals surface area contributed by atoms with E-state index in [-0.39, 0.29) is 6.29 Å². The number of benzene rings is 2. The van der Waals surface area contributed by atoms with Gasteiger partial charge in [-0.25, -0.2) is 4.79 Å². The van der Waals surface area contributed by atoms with E-state index in [0.29, 0.717) is 36.0 Å². The molecule has 1 fully saturated rings. The Morgan fingerprint density at radius 3 is 2.37 bits per heavy atom. The van der Waals surface area contributed by atoms with Crippen molar-refractivity contribution in [1.29, 1.82) is 5.26 Å². The number of carbonyl (C=O) groups excluding carboxylic acids is 1. The number of nitrogens with zero attached hydrogens (tertiary/aromatic N) is 1. The van der Waals surface area contributed by atoms with Crippen molar-refractivity contribution in [3.63, 3.8) is 0 Å². The van der Waals surface area contributed by atoms with Gasteiger partial charge in [-0.05, 0) is 42.8 Å². The molecule has 5 heteroatoms. The van der Waals surface area contributed by atoms with Crippen LogP contribution in [0.1, 0.15) is 54.0 Å². The molecule has 1 aliphatic heterocycles. The van der Waals surface area contributed by atoms with Gasteiger partial charge in [0.25, 0.3) is 0 Å². The second kappa shape index (κ2) is 9.31. The molecule has 3 rings (SSSR count). The second-order valence-electron chi connectivity index (χ2n) is 6.65. The lowest BCUT2D eigenvalue weighted by atomic mass is 10.0. The minimum Gasteiger partial charge on any atom is -0.423 e. The quantitative estimate of drug-likeness (QED) is 0.551. The molecule has 2 aromatic rings. The van der Waals surface area contributed by atoms with Crippen LogP contribution in [0.2, 0.25) is 0 Å². The molecule has 0 unspecified atom stereocenters. The van der Waals surface area contributed by atoms with Crippen molar-refractivity contribution in [2.75, 3.05) is 13.2 Å². The Morgan fingerprint density at radius 2 is 1.78 bits per heavy atom. The number of rotatable bonds is 6. The summed E-state index contributed by atoms with van der Waals surface area (Å²) in [6.45, 7) is 3.58. The third-order valence-electron chi connectivity index (χ3n) is 4.55. The third-order valence-corrected chi connectivity index (χ3v) is 4.55. The van der Waals surface area contributed by atoms with Gasteiger partial charge in [-0.15, -0.1) is 0 Å². The van der Waals surface area contributed by atoms with Gasteiger partial charge in [-0.1, -0.05) is 31.9 Å². The fourth-order valence-corrected chi connectivity index (χ4v) is 2.93. The summed E-state index contributed by atoms with van der Waals surface area (Å²) in [5.41, 5.74) is 1.85. The maximum absolute atomic E-state index is 12.2. The van der Waals surface area contributed by atoms with Crippen molar-refractivity contribution in [3.05, 3.63) is 65.2 Å². The van der Waals surface area contributed by atoms with E-state index < -0.39 is 5.97 Å². The van der Waals surface area contributed by atoms with Crippen LogP contribution in [0.4, 0.5) is 0 Å². The van der Waals surface area contributed by atoms with E-state index >= 15 is 0 Å². The third kappa shape index (κ3) is 5.16. The van der Waals surface area contributed by atoms with Gasteiger partial charge in [0.1, 0.15) is 5.75 Å². The zero-order valence-electron chi connectivity index (χ0n) is 15.4. The molecular weight excluding hydrogens is 342 g/mol. The summed E-state index contributed by atoms with van der Waals surface area (Å²) < 4.78 is 17.0. The van der Waals surface area contributed by atoms with E-state index in [1.807, 2.05) is 18.2 Å². The minimum atomic E-state index is -0.448. The molecule has 27 heavy (non-hydrogen) atoms. The van der Waals surface area contributed by atoms with Gasteiger partial charge in [0.2, 0.25) is 0 Å². The maximum atomic E-state index is 12.2. The molecule has 0 radical (unpaired) electrons. The Morgan fingerprint density at radius 1 is 1.11 bits per heavy atom. The zero-order chi connectivity index (χ0) is 19.1. The molecule has 5 nitrogen and oxygen atoms in total. The first kappa shape index (κ1) is 19.1. The molecule has 0 N–H and O–H groups in total. The van der Waals surface area contributed by atoms with E-state index in [0.717, 1.165) is 12.0 Å². The highest BCUT2D eigenvalue weighted by Gasteiger charge is 2.23. The van der Waals surface area contributed by atoms with Crippen molar-refractivity contribution in [1.82, 2.24) is 0 Å². The van der Waals surface area contributed by atoms with Crippen LogP contribution in [-0.4, -0.2) is 19.2 Å². The molecule has 1 saturated heterocycles. The highest BCUT2D eigenvalue weighted by molar-refractivity contribution is 5.91. The van der Waals surface area contributed by atoms with Gasteiger partial charge in [-0.2, -0.15) is 5.26 Å². The summed E-state index contributed by atoms with van der Waals surface area (Å²) in [5.74, 6) is 0.416. The van der Waals surface area contributed by atoms with Gasteiger partial charge in [-0.3, -0.25) is 0 Å². The second-order valence-corrected chi connectivity index (χ2v) is 6.65. The Hall–Kier alpha value is -2.68. The van der Waals surface area contributed by atoms with Crippen LogP contribution < -0.4 is 4.74 Å². The first-order chi connectivity index (χ1) is 13.2. The summed E-state index contributed by atoms with van der Waals surface area (Å²) in [7, 11) is 0. The molecule has 0 atom stereocenters. The lowest BCUT2D eigenvalue weighted by molar-refractivity contribution is -0.206. The zero-order valence-corrected chi connectivity index (χ0v) is 15.4. The molecule has 2 aromatic carbocycles. The first-order valence-electron chi connectivity index (χ1n) is 9.25. The highest BCUT2D eigenvalue weighted by Crippen LogP contribution is 2.27. The highest BCUT2D eigenvalue weighted by atomic mass is 16.7. The average molecular weight is 365 g/mol. The molecule has 0 saturated carbocycles. The Kier molecular flexibility index (Phi) is 6.59. The molecule has 0 spiro atoms. The van der Waals surface area contributed by atoms with E-state index in [2.05, 4.69) is 6.92 Å². The van der Waals surface area contributed by atoms with E-state index in [4.69, 9.17) is 19.5 Å². The monoisotopic (exact) mass is 365 g/mol. The predicted octanol–water partition coefficient (Wildman–Crippen LogP) is 4.63. The number of unbranched alkanes of at least 4 members (excludes halogenated alkanes) is 1. The molecule has 1 aliphatic rings. The van der Waals surface area contributed by atoms with E-state index in [1.54, 1.807) is 36.4 Å². The normalized spacial score (nSPS) is 19.3. The fourth-order valence-electron chi connectivity index (χ4n) is 2.93. The van der Waals surface area contributed by atoms with Crippen LogP contribution in [0.15, 0.2) is 48.5 Å². The number of ether oxygens (including phenoxy) is 3. The van der Waals surface area contributed by atoms with Gasteiger partial charge >= 0.3 is 5.97 Å². The first-order valence-corrected chi connectivity index (χ1v) is 9.25. The standard InChI is InChI=1S/C22H23NO4/c1-2-3-4-17-14-25-22(26-15-17)19-9-7-18(8-10-19)21(24)27-20-11-5-16(13-23)6-12-20/h5-12,17,22H,2-4,14-15H2,1H3.